The first-order chi connectivity index (χ1) is 5.66. The first-order valence-corrected chi connectivity index (χ1v) is 4.05. The van der Waals surface area contributed by atoms with E-state index in [0.29, 0.717) is 5.95 Å². The third-order valence-electron chi connectivity index (χ3n) is 1.63. The van der Waals surface area contributed by atoms with E-state index in [1.165, 1.54) is 0 Å². The number of imidazole rings is 1. The van der Waals surface area contributed by atoms with Crippen LogP contribution in [0.5, 0.6) is 0 Å². The molecule has 1 aromatic heterocycles. The SMILES string of the molecule is CONc1ncc(C(C)Cl)n1C. The fraction of sp³-hybridized carbons (Fsp3) is 0.571. The van der Waals surface area contributed by atoms with E-state index >= 15 is 0 Å². The summed E-state index contributed by atoms with van der Waals surface area (Å²) >= 11 is 5.89. The number of nitrogens with one attached hydrogen (secondary N) is 1. The zero-order valence-electron chi connectivity index (χ0n) is 7.34. The molecule has 1 rings (SSSR count). The van der Waals surface area contributed by atoms with Crippen LogP contribution in [0.25, 0.3) is 0 Å². The molecule has 0 bridgehead atoms. The van der Waals surface area contributed by atoms with E-state index in [1.54, 1.807) is 13.3 Å². The third-order valence-corrected chi connectivity index (χ3v) is 1.85. The Balaban J connectivity index is 2.88. The van der Waals surface area contributed by atoms with Crippen LogP contribution in [0, 0.1) is 0 Å². The van der Waals surface area contributed by atoms with Gasteiger partial charge in [-0.1, -0.05) is 0 Å². The molecule has 0 aromatic carbocycles. The average Bonchev–Trinajstić information content (AvgIpc) is 2.34. The van der Waals surface area contributed by atoms with Crippen molar-refractivity contribution in [2.24, 2.45) is 7.05 Å². The molecule has 1 aromatic rings. The summed E-state index contributed by atoms with van der Waals surface area (Å²) in [5.41, 5.74) is 3.60. The highest BCUT2D eigenvalue weighted by Crippen LogP contribution is 2.20. The molecular weight excluding hydrogens is 178 g/mol. The second kappa shape index (κ2) is 3.78. The van der Waals surface area contributed by atoms with Crippen LogP contribution < -0.4 is 5.48 Å². The van der Waals surface area contributed by atoms with E-state index in [2.05, 4.69) is 10.5 Å². The van der Waals surface area contributed by atoms with Crippen LogP contribution >= 0.6 is 11.6 Å². The molecular formula is C7H12ClN3O. The summed E-state index contributed by atoms with van der Waals surface area (Å²) in [6.07, 6.45) is 1.72. The van der Waals surface area contributed by atoms with Crippen LogP contribution in [0.3, 0.4) is 0 Å². The predicted octanol–water partition coefficient (Wildman–Crippen LogP) is 1.69. The lowest BCUT2D eigenvalue weighted by Gasteiger charge is -2.06. The molecule has 5 heteroatoms. The van der Waals surface area contributed by atoms with E-state index in [1.807, 2.05) is 18.5 Å². The van der Waals surface area contributed by atoms with Crippen LogP contribution in [0.1, 0.15) is 18.0 Å². The maximum absolute atomic E-state index is 5.89. The minimum atomic E-state index is -0.0464. The molecule has 0 saturated carbocycles. The van der Waals surface area contributed by atoms with E-state index in [0.717, 1.165) is 5.69 Å². The second-order valence-corrected chi connectivity index (χ2v) is 3.14. The molecule has 0 spiro atoms. The molecule has 0 aliphatic carbocycles. The Hall–Kier alpha value is -0.740. The van der Waals surface area contributed by atoms with Gasteiger partial charge >= 0.3 is 0 Å². The van der Waals surface area contributed by atoms with Crippen molar-refractivity contribution in [3.8, 4) is 0 Å². The number of rotatable bonds is 3. The highest BCUT2D eigenvalue weighted by atomic mass is 35.5. The number of anilines is 1. The number of hydrogen-bond acceptors (Lipinski definition) is 3. The minimum absolute atomic E-state index is 0.0464. The summed E-state index contributed by atoms with van der Waals surface area (Å²) in [5.74, 6) is 0.653. The second-order valence-electron chi connectivity index (χ2n) is 2.49. The molecule has 4 nitrogen and oxygen atoms in total. The van der Waals surface area contributed by atoms with Crippen molar-refractivity contribution >= 4 is 17.5 Å². The monoisotopic (exact) mass is 189 g/mol. The van der Waals surface area contributed by atoms with E-state index in [-0.39, 0.29) is 5.38 Å². The fourth-order valence-electron chi connectivity index (χ4n) is 0.978. The van der Waals surface area contributed by atoms with Gasteiger partial charge in [0, 0.05) is 7.05 Å². The van der Waals surface area contributed by atoms with Crippen molar-refractivity contribution in [3.05, 3.63) is 11.9 Å². The molecule has 0 radical (unpaired) electrons. The maximum atomic E-state index is 5.89. The summed E-state index contributed by atoms with van der Waals surface area (Å²) in [4.78, 5) is 8.79. The molecule has 12 heavy (non-hydrogen) atoms. The van der Waals surface area contributed by atoms with Gasteiger partial charge in [-0.3, -0.25) is 4.84 Å². The van der Waals surface area contributed by atoms with Crippen LogP contribution in [-0.4, -0.2) is 16.7 Å². The van der Waals surface area contributed by atoms with Gasteiger partial charge in [0.2, 0.25) is 5.95 Å². The normalized spacial score (nSPS) is 13.0. The Morgan fingerprint density at radius 2 is 2.42 bits per heavy atom. The van der Waals surface area contributed by atoms with Gasteiger partial charge in [-0.05, 0) is 6.92 Å². The summed E-state index contributed by atoms with van der Waals surface area (Å²) in [6, 6.07) is 0. The molecule has 0 amide bonds. The van der Waals surface area contributed by atoms with Gasteiger partial charge < -0.3 is 4.57 Å². The van der Waals surface area contributed by atoms with Gasteiger partial charge in [0.1, 0.15) is 0 Å². The summed E-state index contributed by atoms with van der Waals surface area (Å²) in [7, 11) is 3.42. The number of nitrogens with zero attached hydrogens (tertiary/aromatic N) is 2. The van der Waals surface area contributed by atoms with E-state index < -0.39 is 0 Å². The third kappa shape index (κ3) is 1.70. The standard InChI is InChI=1S/C7H12ClN3O/c1-5(8)6-4-9-7(10-12-3)11(6)2/h4-5H,1-3H3,(H,9,10). The van der Waals surface area contributed by atoms with Gasteiger partial charge in [0.15, 0.2) is 0 Å². The number of aromatic nitrogens is 2. The molecule has 1 heterocycles. The van der Waals surface area contributed by atoms with Gasteiger partial charge in [0.05, 0.1) is 24.4 Å². The summed E-state index contributed by atoms with van der Waals surface area (Å²) in [5, 5.41) is -0.0464. The highest BCUT2D eigenvalue weighted by molar-refractivity contribution is 6.20. The Labute approximate surface area is 76.5 Å². The van der Waals surface area contributed by atoms with E-state index in [9.17, 15) is 0 Å². The molecule has 0 aliphatic heterocycles. The summed E-state index contributed by atoms with van der Waals surface area (Å²) in [6.45, 7) is 1.90. The highest BCUT2D eigenvalue weighted by Gasteiger charge is 2.09. The Kier molecular flexibility index (Phi) is 2.94. The molecule has 68 valence electrons. The van der Waals surface area contributed by atoms with Crippen molar-refractivity contribution in [2.45, 2.75) is 12.3 Å². The van der Waals surface area contributed by atoms with Gasteiger partial charge in [-0.2, -0.15) is 0 Å². The van der Waals surface area contributed by atoms with Crippen molar-refractivity contribution < 1.29 is 4.84 Å². The van der Waals surface area contributed by atoms with Crippen LogP contribution in [0.4, 0.5) is 5.95 Å². The van der Waals surface area contributed by atoms with Gasteiger partial charge in [-0.15, -0.1) is 11.6 Å². The predicted molar refractivity (Wildman–Crippen MR) is 48.1 cm³/mol. The van der Waals surface area contributed by atoms with E-state index in [4.69, 9.17) is 16.4 Å². The van der Waals surface area contributed by atoms with Crippen molar-refractivity contribution in [2.75, 3.05) is 12.6 Å². The maximum Gasteiger partial charge on any atom is 0.227 e. The lowest BCUT2D eigenvalue weighted by Crippen LogP contribution is -2.05. The fourth-order valence-corrected chi connectivity index (χ4v) is 1.18. The Morgan fingerprint density at radius 1 is 1.75 bits per heavy atom. The smallest absolute Gasteiger partial charge is 0.227 e. The molecule has 0 saturated heterocycles. The van der Waals surface area contributed by atoms with Crippen LogP contribution in [-0.2, 0) is 11.9 Å². The minimum Gasteiger partial charge on any atom is -0.314 e. The number of alkyl halides is 1. The van der Waals surface area contributed by atoms with Gasteiger partial charge in [0.25, 0.3) is 0 Å². The molecule has 1 atom stereocenters. The largest absolute Gasteiger partial charge is 0.314 e. The first-order valence-electron chi connectivity index (χ1n) is 3.61. The quantitative estimate of drug-likeness (QED) is 0.581. The Bertz CT molecular complexity index is 259. The Morgan fingerprint density at radius 3 is 2.83 bits per heavy atom. The van der Waals surface area contributed by atoms with Gasteiger partial charge in [-0.25, -0.2) is 10.5 Å². The van der Waals surface area contributed by atoms with Crippen molar-refractivity contribution in [3.63, 3.8) is 0 Å². The van der Waals surface area contributed by atoms with Crippen molar-refractivity contribution in [1.29, 1.82) is 0 Å². The molecule has 1 unspecified atom stereocenters. The number of halogens is 1. The zero-order valence-corrected chi connectivity index (χ0v) is 8.09. The van der Waals surface area contributed by atoms with Crippen molar-refractivity contribution in [1.82, 2.24) is 9.55 Å². The lowest BCUT2D eigenvalue weighted by atomic mass is 10.3. The average molecular weight is 190 g/mol. The zero-order chi connectivity index (χ0) is 9.14. The van der Waals surface area contributed by atoms with Crippen LogP contribution in [0.2, 0.25) is 0 Å². The molecule has 0 fully saturated rings. The summed E-state index contributed by atoms with van der Waals surface area (Å²) < 4.78 is 1.85. The lowest BCUT2D eigenvalue weighted by molar-refractivity contribution is 0.265. The number of hydrogen-bond donors (Lipinski definition) is 1. The molecule has 1 N–H and O–H groups in total. The van der Waals surface area contributed by atoms with Crippen LogP contribution in [0.15, 0.2) is 6.20 Å². The molecule has 0 aliphatic rings. The topological polar surface area (TPSA) is 39.1 Å². The first kappa shape index (κ1) is 9.35.